The molecule has 1 unspecified atom stereocenters. The van der Waals surface area contributed by atoms with Crippen LogP contribution in [0.2, 0.25) is 5.02 Å². The summed E-state index contributed by atoms with van der Waals surface area (Å²) in [6.45, 7) is 3.65. The van der Waals surface area contributed by atoms with Crippen LogP contribution in [0.3, 0.4) is 0 Å². The molecule has 0 fully saturated rings. The molecule has 0 aliphatic heterocycles. The van der Waals surface area contributed by atoms with Crippen LogP contribution in [0.1, 0.15) is 12.5 Å². The minimum absolute atomic E-state index is 0.199. The number of aromatic amines is 1. The van der Waals surface area contributed by atoms with Gasteiger partial charge in [0.05, 0.1) is 18.0 Å². The van der Waals surface area contributed by atoms with Crippen LogP contribution in [0.4, 0.5) is 5.69 Å². The zero-order chi connectivity index (χ0) is 20.5. The molecule has 2 aromatic heterocycles. The van der Waals surface area contributed by atoms with Gasteiger partial charge in [-0.3, -0.25) is 4.79 Å². The predicted molar refractivity (Wildman–Crippen MR) is 116 cm³/mol. The van der Waals surface area contributed by atoms with Gasteiger partial charge in [-0.25, -0.2) is 4.98 Å². The van der Waals surface area contributed by atoms with E-state index in [4.69, 9.17) is 16.3 Å². The number of carbonyl (C=O) groups is 1. The van der Waals surface area contributed by atoms with Gasteiger partial charge in [-0.2, -0.15) is 0 Å². The van der Waals surface area contributed by atoms with Crippen LogP contribution in [0, 0.1) is 6.92 Å². The lowest BCUT2D eigenvalue weighted by molar-refractivity contribution is -0.115. The van der Waals surface area contributed by atoms with Crippen LogP contribution >= 0.6 is 23.4 Å². The number of hydrogen-bond donors (Lipinski definition) is 2. The van der Waals surface area contributed by atoms with E-state index >= 15 is 0 Å². The Bertz CT molecular complexity index is 1230. The number of H-pyrrole nitrogens is 1. The molecule has 2 aromatic carbocycles. The number of carbonyl (C=O) groups excluding carboxylic acids is 1. The monoisotopic (exact) mass is 427 g/mol. The summed E-state index contributed by atoms with van der Waals surface area (Å²) in [5.74, 6) is 0.305. The summed E-state index contributed by atoms with van der Waals surface area (Å²) < 4.78 is 5.31. The van der Waals surface area contributed by atoms with Crippen molar-refractivity contribution in [3.8, 4) is 5.75 Å². The van der Waals surface area contributed by atoms with Crippen LogP contribution in [0.15, 0.2) is 41.6 Å². The Morgan fingerprint density at radius 3 is 2.86 bits per heavy atom. The van der Waals surface area contributed by atoms with Gasteiger partial charge in [-0.05, 0) is 31.5 Å². The number of nitrogens with one attached hydrogen (secondary N) is 2. The SMILES string of the molecule is COc1cc(Cl)c(C)cc1NC(=O)C(C)Sc1nnc2c(n1)[nH]c1ccccc12. The number of nitrogens with zero attached hydrogens (tertiary/aromatic N) is 3. The number of halogens is 1. The van der Waals surface area contributed by atoms with E-state index in [1.54, 1.807) is 19.1 Å². The van der Waals surface area contributed by atoms with E-state index < -0.39 is 5.25 Å². The number of methoxy groups -OCH3 is 1. The molecular formula is C20H18ClN5O2S. The first kappa shape index (κ1) is 19.5. The molecule has 4 rings (SSSR count). The van der Waals surface area contributed by atoms with E-state index in [1.165, 1.54) is 18.9 Å². The van der Waals surface area contributed by atoms with Crippen molar-refractivity contribution < 1.29 is 9.53 Å². The Labute approximate surface area is 176 Å². The Hall–Kier alpha value is -2.84. The quantitative estimate of drug-likeness (QED) is 0.452. The normalized spacial score (nSPS) is 12.3. The highest BCUT2D eigenvalue weighted by molar-refractivity contribution is 8.00. The summed E-state index contributed by atoms with van der Waals surface area (Å²) in [7, 11) is 1.53. The van der Waals surface area contributed by atoms with Crippen molar-refractivity contribution in [3.05, 3.63) is 47.0 Å². The molecule has 9 heteroatoms. The molecule has 29 heavy (non-hydrogen) atoms. The highest BCUT2D eigenvalue weighted by Crippen LogP contribution is 2.32. The summed E-state index contributed by atoms with van der Waals surface area (Å²) in [5, 5.41) is 12.9. The maximum absolute atomic E-state index is 12.7. The van der Waals surface area contributed by atoms with Crippen molar-refractivity contribution in [2.75, 3.05) is 12.4 Å². The highest BCUT2D eigenvalue weighted by Gasteiger charge is 2.19. The zero-order valence-electron chi connectivity index (χ0n) is 16.0. The molecule has 2 heterocycles. The Balaban J connectivity index is 1.53. The fourth-order valence-corrected chi connectivity index (χ4v) is 3.80. The minimum Gasteiger partial charge on any atom is -0.495 e. The second kappa shape index (κ2) is 7.88. The molecule has 2 N–H and O–H groups in total. The fourth-order valence-electron chi connectivity index (χ4n) is 2.93. The van der Waals surface area contributed by atoms with E-state index in [-0.39, 0.29) is 5.91 Å². The third-order valence-corrected chi connectivity index (χ3v) is 5.85. The van der Waals surface area contributed by atoms with Gasteiger partial charge in [0.15, 0.2) is 5.65 Å². The van der Waals surface area contributed by atoms with Crippen LogP contribution in [-0.2, 0) is 4.79 Å². The molecule has 0 spiro atoms. The van der Waals surface area contributed by atoms with Crippen LogP contribution in [-0.4, -0.2) is 38.4 Å². The lowest BCUT2D eigenvalue weighted by atomic mass is 10.2. The summed E-state index contributed by atoms with van der Waals surface area (Å²) in [5.41, 5.74) is 3.72. The smallest absolute Gasteiger partial charge is 0.237 e. The van der Waals surface area contributed by atoms with Crippen molar-refractivity contribution in [2.45, 2.75) is 24.3 Å². The average Bonchev–Trinajstić information content (AvgIpc) is 3.08. The van der Waals surface area contributed by atoms with Crippen LogP contribution in [0.5, 0.6) is 5.75 Å². The van der Waals surface area contributed by atoms with Crippen molar-refractivity contribution in [1.29, 1.82) is 0 Å². The number of para-hydroxylation sites is 1. The first-order valence-corrected chi connectivity index (χ1v) is 10.1. The van der Waals surface area contributed by atoms with Crippen LogP contribution in [0.25, 0.3) is 22.1 Å². The highest BCUT2D eigenvalue weighted by atomic mass is 35.5. The Morgan fingerprint density at radius 1 is 1.28 bits per heavy atom. The standard InChI is InChI=1S/C20H18ClN5O2S/c1-10-8-15(16(28-3)9-13(10)21)23-19(27)11(2)29-20-24-18-17(25-26-20)12-6-4-5-7-14(12)22-18/h4-9,11H,1-3H3,(H,23,27)(H,22,24,26). The molecule has 4 aromatic rings. The number of amides is 1. The average molecular weight is 428 g/mol. The Kier molecular flexibility index (Phi) is 5.29. The first-order chi connectivity index (χ1) is 14.0. The van der Waals surface area contributed by atoms with Crippen molar-refractivity contribution in [1.82, 2.24) is 20.2 Å². The number of benzene rings is 2. The van der Waals surface area contributed by atoms with E-state index in [9.17, 15) is 4.79 Å². The topological polar surface area (TPSA) is 92.8 Å². The van der Waals surface area contributed by atoms with Crippen molar-refractivity contribution in [3.63, 3.8) is 0 Å². The predicted octanol–water partition coefficient (Wildman–Crippen LogP) is 4.60. The summed E-state index contributed by atoms with van der Waals surface area (Å²) in [6, 6.07) is 11.3. The second-order valence-electron chi connectivity index (χ2n) is 6.51. The number of rotatable bonds is 5. The number of fused-ring (bicyclic) bond motifs is 3. The van der Waals surface area contributed by atoms with E-state index in [0.29, 0.717) is 32.8 Å². The summed E-state index contributed by atoms with van der Waals surface area (Å²) in [4.78, 5) is 20.4. The third kappa shape index (κ3) is 3.86. The van der Waals surface area contributed by atoms with Crippen molar-refractivity contribution >= 4 is 57.0 Å². The maximum atomic E-state index is 12.7. The third-order valence-electron chi connectivity index (χ3n) is 4.49. The van der Waals surface area contributed by atoms with Gasteiger partial charge in [-0.15, -0.1) is 10.2 Å². The molecular weight excluding hydrogens is 410 g/mol. The van der Waals surface area contributed by atoms with Gasteiger partial charge >= 0.3 is 0 Å². The Morgan fingerprint density at radius 2 is 2.07 bits per heavy atom. The number of aryl methyl sites for hydroxylation is 1. The molecule has 7 nitrogen and oxygen atoms in total. The van der Waals surface area contributed by atoms with Gasteiger partial charge < -0.3 is 15.0 Å². The molecule has 0 saturated heterocycles. The summed E-state index contributed by atoms with van der Waals surface area (Å²) >= 11 is 7.36. The molecule has 0 bridgehead atoms. The van der Waals surface area contributed by atoms with E-state index in [1.807, 2.05) is 31.2 Å². The molecule has 0 radical (unpaired) electrons. The van der Waals surface area contributed by atoms with Gasteiger partial charge in [-0.1, -0.05) is 41.6 Å². The second-order valence-corrected chi connectivity index (χ2v) is 8.23. The largest absolute Gasteiger partial charge is 0.495 e. The van der Waals surface area contributed by atoms with E-state index in [0.717, 1.165) is 16.5 Å². The number of hydrogen-bond acceptors (Lipinski definition) is 6. The summed E-state index contributed by atoms with van der Waals surface area (Å²) in [6.07, 6.45) is 0. The number of aromatic nitrogens is 4. The molecule has 0 aliphatic carbocycles. The number of ether oxygens (including phenoxy) is 1. The number of anilines is 1. The molecule has 1 amide bonds. The van der Waals surface area contributed by atoms with Crippen molar-refractivity contribution in [2.24, 2.45) is 0 Å². The van der Waals surface area contributed by atoms with Gasteiger partial charge in [0.2, 0.25) is 11.1 Å². The lowest BCUT2D eigenvalue weighted by Crippen LogP contribution is -2.23. The van der Waals surface area contributed by atoms with Gasteiger partial charge in [0.25, 0.3) is 0 Å². The number of thioether (sulfide) groups is 1. The van der Waals surface area contributed by atoms with Crippen LogP contribution < -0.4 is 10.1 Å². The van der Waals surface area contributed by atoms with Gasteiger partial charge in [0.1, 0.15) is 11.3 Å². The molecule has 0 aliphatic rings. The first-order valence-electron chi connectivity index (χ1n) is 8.89. The zero-order valence-corrected chi connectivity index (χ0v) is 17.6. The van der Waals surface area contributed by atoms with Gasteiger partial charge in [0, 0.05) is 22.0 Å². The maximum Gasteiger partial charge on any atom is 0.237 e. The molecule has 0 saturated carbocycles. The lowest BCUT2D eigenvalue weighted by Gasteiger charge is -2.14. The van der Waals surface area contributed by atoms with E-state index in [2.05, 4.69) is 25.5 Å². The fraction of sp³-hybridized carbons (Fsp3) is 0.200. The minimum atomic E-state index is -0.445. The molecule has 148 valence electrons. The molecule has 1 atom stereocenters.